The van der Waals surface area contributed by atoms with Crippen molar-refractivity contribution in [2.45, 2.75) is 6.18 Å². The van der Waals surface area contributed by atoms with Crippen LogP contribution in [-0.4, -0.2) is 14.9 Å². The average Bonchev–Trinajstić information content (AvgIpc) is 3.30. The maximum absolute atomic E-state index is 14.2. The van der Waals surface area contributed by atoms with Gasteiger partial charge in [-0.2, -0.15) is 13.2 Å². The van der Waals surface area contributed by atoms with Crippen LogP contribution in [0.25, 0.3) is 39.0 Å². The Balaban J connectivity index is 1.92. The lowest BCUT2D eigenvalue weighted by molar-refractivity contribution is -0.141. The molecule has 0 aliphatic rings. The van der Waals surface area contributed by atoms with Crippen LogP contribution in [0.1, 0.15) is 5.69 Å². The fraction of sp³-hybridized carbons (Fsp3) is 0.0500. The molecule has 0 fully saturated rings. The van der Waals surface area contributed by atoms with Gasteiger partial charge in [0.1, 0.15) is 22.3 Å². The Bertz CT molecular complexity index is 1530. The Morgan fingerprint density at radius 1 is 1.03 bits per heavy atom. The monoisotopic (exact) mass is 449 g/mol. The molecule has 0 N–H and O–H groups in total. The molecule has 5 rings (SSSR count). The van der Waals surface area contributed by atoms with Crippen LogP contribution < -0.4 is 5.63 Å². The summed E-state index contributed by atoms with van der Waals surface area (Å²) in [7, 11) is 0. The van der Waals surface area contributed by atoms with Crippen LogP contribution >= 0.6 is 11.6 Å². The van der Waals surface area contributed by atoms with Crippen LogP contribution in [0.4, 0.5) is 17.6 Å². The van der Waals surface area contributed by atoms with Crippen molar-refractivity contribution in [2.24, 2.45) is 0 Å². The third-order valence-corrected chi connectivity index (χ3v) is 4.85. The van der Waals surface area contributed by atoms with Gasteiger partial charge in [0, 0.05) is 10.6 Å². The van der Waals surface area contributed by atoms with Gasteiger partial charge < -0.3 is 8.94 Å². The molecule has 0 saturated heterocycles. The van der Waals surface area contributed by atoms with E-state index in [1.54, 1.807) is 0 Å². The van der Waals surface area contributed by atoms with E-state index < -0.39 is 45.4 Å². The summed E-state index contributed by atoms with van der Waals surface area (Å²) in [4.78, 5) is 12.6. The highest BCUT2D eigenvalue weighted by molar-refractivity contribution is 6.30. The minimum Gasteiger partial charge on any atom is -0.401 e. The topological polar surface area (TPSA) is 74.1 Å². The highest BCUT2D eigenvalue weighted by Crippen LogP contribution is 2.40. The number of alkyl halides is 3. The van der Waals surface area contributed by atoms with E-state index in [-0.39, 0.29) is 22.0 Å². The second-order valence-electron chi connectivity index (χ2n) is 6.52. The number of benzene rings is 2. The molecule has 2 aromatic carbocycles. The lowest BCUT2D eigenvalue weighted by Gasteiger charge is -2.10. The first-order valence-electron chi connectivity index (χ1n) is 8.69. The van der Waals surface area contributed by atoms with Crippen LogP contribution in [0.15, 0.2) is 62.3 Å². The van der Waals surface area contributed by atoms with E-state index in [2.05, 4.69) is 10.3 Å². The van der Waals surface area contributed by atoms with Crippen molar-refractivity contribution in [1.82, 2.24) is 14.9 Å². The highest BCUT2D eigenvalue weighted by atomic mass is 35.5. The average molecular weight is 450 g/mol. The number of nitrogens with zero attached hydrogens (tertiary/aromatic N) is 3. The number of fused-ring (bicyclic) bond motifs is 3. The Hall–Kier alpha value is -3.66. The number of hydrogen-bond acceptors (Lipinski definition) is 5. The van der Waals surface area contributed by atoms with Gasteiger partial charge in [0.25, 0.3) is 5.71 Å². The van der Waals surface area contributed by atoms with Crippen LogP contribution in [-0.2, 0) is 6.18 Å². The van der Waals surface area contributed by atoms with E-state index in [0.29, 0.717) is 4.68 Å². The van der Waals surface area contributed by atoms with Gasteiger partial charge in [0.05, 0.1) is 5.69 Å². The Morgan fingerprint density at radius 3 is 2.52 bits per heavy atom. The van der Waals surface area contributed by atoms with E-state index in [1.165, 1.54) is 42.5 Å². The van der Waals surface area contributed by atoms with Crippen molar-refractivity contribution in [1.29, 1.82) is 0 Å². The van der Waals surface area contributed by atoms with Gasteiger partial charge in [-0.25, -0.2) is 13.9 Å². The number of rotatable bonds is 2. The molecule has 3 aromatic heterocycles. The summed E-state index contributed by atoms with van der Waals surface area (Å²) in [6.07, 6.45) is -4.92. The summed E-state index contributed by atoms with van der Waals surface area (Å²) in [6.45, 7) is 0. The standard InChI is InChI=1S/C20H8ClF4N3O3/c21-9-4-3-5-10(8-9)28-17(20(23,24)25)14-16-13(19(29)30-18(14)26-28)15(27-31-16)11-6-1-2-7-12(11)22/h1-8H. The molecule has 0 amide bonds. The third-order valence-electron chi connectivity index (χ3n) is 4.62. The summed E-state index contributed by atoms with van der Waals surface area (Å²) in [5, 5.41) is 6.61. The normalized spacial score (nSPS) is 12.2. The first-order chi connectivity index (χ1) is 14.8. The minimum absolute atomic E-state index is 0.0133. The zero-order chi connectivity index (χ0) is 21.9. The van der Waals surface area contributed by atoms with Gasteiger partial charge in [0.2, 0.25) is 0 Å². The van der Waals surface area contributed by atoms with E-state index in [0.717, 1.165) is 6.07 Å². The zero-order valence-corrected chi connectivity index (χ0v) is 15.8. The van der Waals surface area contributed by atoms with Gasteiger partial charge in [-0.3, -0.25) is 0 Å². The van der Waals surface area contributed by atoms with Crippen molar-refractivity contribution < 1.29 is 26.5 Å². The van der Waals surface area contributed by atoms with Gasteiger partial charge in [-0.15, -0.1) is 5.10 Å². The molecule has 0 bridgehead atoms. The van der Waals surface area contributed by atoms with Crippen molar-refractivity contribution in [3.63, 3.8) is 0 Å². The SMILES string of the molecule is O=c1oc2nn(-c3cccc(Cl)c3)c(C(F)(F)F)c2c2onc(-c3ccccc3F)c12. The predicted molar refractivity (Wildman–Crippen MR) is 103 cm³/mol. The molecular weight excluding hydrogens is 442 g/mol. The van der Waals surface area contributed by atoms with Crippen molar-refractivity contribution >= 4 is 33.7 Å². The smallest absolute Gasteiger partial charge is 0.401 e. The molecule has 31 heavy (non-hydrogen) atoms. The Morgan fingerprint density at radius 2 is 1.81 bits per heavy atom. The lowest BCUT2D eigenvalue weighted by atomic mass is 10.1. The quantitative estimate of drug-likeness (QED) is 0.328. The third kappa shape index (κ3) is 2.98. The molecule has 0 atom stereocenters. The Kier molecular flexibility index (Phi) is 4.16. The molecule has 6 nitrogen and oxygen atoms in total. The number of hydrogen-bond donors (Lipinski definition) is 0. The van der Waals surface area contributed by atoms with Crippen molar-refractivity contribution in [2.75, 3.05) is 0 Å². The lowest BCUT2D eigenvalue weighted by Crippen LogP contribution is -2.13. The maximum atomic E-state index is 14.2. The molecular formula is C20H8ClF4N3O3. The van der Waals surface area contributed by atoms with E-state index >= 15 is 0 Å². The maximum Gasteiger partial charge on any atom is 0.434 e. The molecule has 0 unspecified atom stereocenters. The molecule has 0 aliphatic carbocycles. The summed E-state index contributed by atoms with van der Waals surface area (Å²) >= 11 is 5.91. The second kappa shape index (κ2) is 6.67. The van der Waals surface area contributed by atoms with E-state index in [9.17, 15) is 22.4 Å². The molecule has 11 heteroatoms. The number of halogens is 5. The molecule has 0 aliphatic heterocycles. The predicted octanol–water partition coefficient (Wildman–Crippen LogP) is 5.60. The molecule has 0 radical (unpaired) electrons. The fourth-order valence-corrected chi connectivity index (χ4v) is 3.54. The summed E-state index contributed by atoms with van der Waals surface area (Å²) in [5.41, 5.74) is -3.84. The summed E-state index contributed by atoms with van der Waals surface area (Å²) in [5.74, 6) is -0.733. The molecule has 5 aromatic rings. The van der Waals surface area contributed by atoms with Gasteiger partial charge in [-0.1, -0.05) is 35.0 Å². The van der Waals surface area contributed by atoms with Crippen LogP contribution in [0, 0.1) is 5.82 Å². The highest BCUT2D eigenvalue weighted by Gasteiger charge is 2.41. The van der Waals surface area contributed by atoms with Crippen LogP contribution in [0.5, 0.6) is 0 Å². The largest absolute Gasteiger partial charge is 0.434 e. The summed E-state index contributed by atoms with van der Waals surface area (Å²) < 4.78 is 67.2. The van der Waals surface area contributed by atoms with E-state index in [1.807, 2.05) is 0 Å². The molecule has 0 saturated carbocycles. The molecule has 156 valence electrons. The van der Waals surface area contributed by atoms with Crippen LogP contribution in [0.2, 0.25) is 5.02 Å². The molecule has 3 heterocycles. The van der Waals surface area contributed by atoms with Crippen LogP contribution in [0.3, 0.4) is 0 Å². The van der Waals surface area contributed by atoms with Gasteiger partial charge >= 0.3 is 11.8 Å². The zero-order valence-electron chi connectivity index (χ0n) is 15.1. The Labute approximate surface area is 174 Å². The second-order valence-corrected chi connectivity index (χ2v) is 6.96. The first-order valence-corrected chi connectivity index (χ1v) is 9.07. The molecule has 0 spiro atoms. The summed E-state index contributed by atoms with van der Waals surface area (Å²) in [6, 6.07) is 10.9. The van der Waals surface area contributed by atoms with Crippen molar-refractivity contribution in [3.05, 3.63) is 75.5 Å². The van der Waals surface area contributed by atoms with Gasteiger partial charge in [-0.05, 0) is 30.3 Å². The minimum atomic E-state index is -4.92. The van der Waals surface area contributed by atoms with Gasteiger partial charge in [0.15, 0.2) is 11.3 Å². The fourth-order valence-electron chi connectivity index (χ4n) is 3.36. The first kappa shape index (κ1) is 19.3. The number of aromatic nitrogens is 3. The van der Waals surface area contributed by atoms with E-state index in [4.69, 9.17) is 20.5 Å². The van der Waals surface area contributed by atoms with Crippen molar-refractivity contribution in [3.8, 4) is 16.9 Å².